The molecule has 19 heavy (non-hydrogen) atoms. The van der Waals surface area contributed by atoms with Crippen LogP contribution in [0, 0.1) is 5.41 Å². The number of carbonyl (C=O) groups excluding carboxylic acids is 1. The van der Waals surface area contributed by atoms with Gasteiger partial charge in [0.2, 0.25) is 6.41 Å². The normalized spacial score (nSPS) is 19.3. The van der Waals surface area contributed by atoms with E-state index < -0.39 is 0 Å². The SMILES string of the molecule is CCC=C(C)N1CCC(CCC)(CCNC=O)CC1. The molecule has 0 atom stereocenters. The molecule has 0 aliphatic carbocycles. The van der Waals surface area contributed by atoms with E-state index in [9.17, 15) is 4.79 Å². The van der Waals surface area contributed by atoms with Gasteiger partial charge in [-0.05, 0) is 44.4 Å². The molecule has 1 saturated heterocycles. The predicted molar refractivity (Wildman–Crippen MR) is 80.9 cm³/mol. The molecular formula is C16H30N2O. The number of nitrogens with one attached hydrogen (secondary N) is 1. The Labute approximate surface area is 118 Å². The van der Waals surface area contributed by atoms with Gasteiger partial charge in [-0.25, -0.2) is 0 Å². The zero-order valence-corrected chi connectivity index (χ0v) is 12.9. The second kappa shape index (κ2) is 8.23. The molecule has 0 radical (unpaired) electrons. The Hall–Kier alpha value is -0.990. The zero-order valence-electron chi connectivity index (χ0n) is 12.9. The Morgan fingerprint density at radius 3 is 2.47 bits per heavy atom. The molecule has 1 aliphatic heterocycles. The maximum Gasteiger partial charge on any atom is 0.207 e. The number of hydrogen-bond acceptors (Lipinski definition) is 2. The molecule has 1 fully saturated rings. The lowest BCUT2D eigenvalue weighted by Crippen LogP contribution is -2.40. The molecule has 3 nitrogen and oxygen atoms in total. The van der Waals surface area contributed by atoms with Crippen molar-refractivity contribution in [3.8, 4) is 0 Å². The van der Waals surface area contributed by atoms with E-state index in [-0.39, 0.29) is 0 Å². The van der Waals surface area contributed by atoms with Crippen LogP contribution < -0.4 is 5.32 Å². The second-order valence-electron chi connectivity index (χ2n) is 5.81. The topological polar surface area (TPSA) is 32.3 Å². The molecule has 3 heteroatoms. The molecule has 0 spiro atoms. The molecular weight excluding hydrogens is 236 g/mol. The number of hydrogen-bond donors (Lipinski definition) is 1. The molecule has 0 aromatic rings. The van der Waals surface area contributed by atoms with Crippen molar-refractivity contribution in [1.29, 1.82) is 0 Å². The number of amides is 1. The minimum Gasteiger partial charge on any atom is -0.375 e. The van der Waals surface area contributed by atoms with Gasteiger partial charge >= 0.3 is 0 Å². The van der Waals surface area contributed by atoms with Gasteiger partial charge in [0.15, 0.2) is 0 Å². The zero-order chi connectivity index (χ0) is 14.1. The summed E-state index contributed by atoms with van der Waals surface area (Å²) in [6.07, 6.45) is 10.4. The molecule has 0 aromatic carbocycles. The fourth-order valence-electron chi connectivity index (χ4n) is 3.31. The van der Waals surface area contributed by atoms with Gasteiger partial charge in [0.25, 0.3) is 0 Å². The molecule has 0 aromatic heterocycles. The summed E-state index contributed by atoms with van der Waals surface area (Å²) < 4.78 is 0. The van der Waals surface area contributed by atoms with Gasteiger partial charge in [0.05, 0.1) is 0 Å². The fourth-order valence-corrected chi connectivity index (χ4v) is 3.31. The highest BCUT2D eigenvalue weighted by molar-refractivity contribution is 5.45. The smallest absolute Gasteiger partial charge is 0.207 e. The van der Waals surface area contributed by atoms with Crippen LogP contribution in [0.1, 0.15) is 59.3 Å². The average Bonchev–Trinajstić information content (AvgIpc) is 2.40. The van der Waals surface area contributed by atoms with Crippen LogP contribution in [-0.2, 0) is 4.79 Å². The van der Waals surface area contributed by atoms with Crippen LogP contribution in [0.5, 0.6) is 0 Å². The first-order chi connectivity index (χ1) is 9.17. The van der Waals surface area contributed by atoms with Crippen LogP contribution in [0.2, 0.25) is 0 Å². The van der Waals surface area contributed by atoms with Crippen molar-refractivity contribution in [2.24, 2.45) is 5.41 Å². The largest absolute Gasteiger partial charge is 0.375 e. The Bertz CT molecular complexity index is 291. The summed E-state index contributed by atoms with van der Waals surface area (Å²) in [6, 6.07) is 0. The van der Waals surface area contributed by atoms with E-state index in [1.54, 1.807) is 0 Å². The van der Waals surface area contributed by atoms with E-state index in [4.69, 9.17) is 0 Å². The van der Waals surface area contributed by atoms with Crippen LogP contribution >= 0.6 is 0 Å². The molecule has 1 amide bonds. The third-order valence-corrected chi connectivity index (χ3v) is 4.49. The lowest BCUT2D eigenvalue weighted by Gasteiger charge is -2.43. The van der Waals surface area contributed by atoms with E-state index in [0.717, 1.165) is 25.8 Å². The van der Waals surface area contributed by atoms with Crippen LogP contribution in [0.25, 0.3) is 0 Å². The number of rotatable bonds is 8. The second-order valence-corrected chi connectivity index (χ2v) is 5.81. The van der Waals surface area contributed by atoms with Crippen molar-refractivity contribution in [2.45, 2.75) is 59.3 Å². The first-order valence-electron chi connectivity index (χ1n) is 7.76. The van der Waals surface area contributed by atoms with E-state index in [2.05, 4.69) is 37.1 Å². The number of likely N-dealkylation sites (tertiary alicyclic amines) is 1. The summed E-state index contributed by atoms with van der Waals surface area (Å²) in [4.78, 5) is 12.9. The molecule has 0 unspecified atom stereocenters. The van der Waals surface area contributed by atoms with Crippen LogP contribution in [-0.4, -0.2) is 30.9 Å². The fraction of sp³-hybridized carbons (Fsp3) is 0.812. The maximum atomic E-state index is 10.4. The van der Waals surface area contributed by atoms with Gasteiger partial charge in [-0.1, -0.05) is 26.3 Å². The first kappa shape index (κ1) is 16.1. The van der Waals surface area contributed by atoms with Crippen molar-refractivity contribution in [2.75, 3.05) is 19.6 Å². The molecule has 0 saturated carbocycles. The maximum absolute atomic E-state index is 10.4. The van der Waals surface area contributed by atoms with E-state index in [0.29, 0.717) is 5.41 Å². The quantitative estimate of drug-likeness (QED) is 0.540. The minimum atomic E-state index is 0.452. The van der Waals surface area contributed by atoms with Crippen molar-refractivity contribution in [1.82, 2.24) is 10.2 Å². The van der Waals surface area contributed by atoms with Crippen LogP contribution in [0.4, 0.5) is 0 Å². The van der Waals surface area contributed by atoms with Crippen LogP contribution in [0.3, 0.4) is 0 Å². The summed E-state index contributed by atoms with van der Waals surface area (Å²) in [7, 11) is 0. The molecule has 110 valence electrons. The monoisotopic (exact) mass is 266 g/mol. The van der Waals surface area contributed by atoms with Crippen molar-refractivity contribution in [3.63, 3.8) is 0 Å². The number of allylic oxidation sites excluding steroid dienone is 2. The molecule has 1 N–H and O–H groups in total. The first-order valence-corrected chi connectivity index (χ1v) is 7.76. The third kappa shape index (κ3) is 4.88. The summed E-state index contributed by atoms with van der Waals surface area (Å²) in [5.74, 6) is 0. The lowest BCUT2D eigenvalue weighted by molar-refractivity contribution is -0.109. The Balaban J connectivity index is 2.53. The number of carbonyl (C=O) groups is 1. The Morgan fingerprint density at radius 2 is 1.95 bits per heavy atom. The van der Waals surface area contributed by atoms with Crippen molar-refractivity contribution in [3.05, 3.63) is 11.8 Å². The molecule has 1 rings (SSSR count). The predicted octanol–water partition coefficient (Wildman–Crippen LogP) is 3.32. The van der Waals surface area contributed by atoms with Gasteiger partial charge in [0, 0.05) is 25.3 Å². The Morgan fingerprint density at radius 1 is 1.26 bits per heavy atom. The van der Waals surface area contributed by atoms with E-state index in [1.165, 1.54) is 44.5 Å². The molecule has 0 bridgehead atoms. The minimum absolute atomic E-state index is 0.452. The highest BCUT2D eigenvalue weighted by Gasteiger charge is 2.33. The average molecular weight is 266 g/mol. The highest BCUT2D eigenvalue weighted by Crippen LogP contribution is 2.39. The number of nitrogens with zero attached hydrogens (tertiary/aromatic N) is 1. The summed E-state index contributed by atoms with van der Waals surface area (Å²) in [5.41, 5.74) is 1.88. The summed E-state index contributed by atoms with van der Waals surface area (Å²) in [6.45, 7) is 9.85. The lowest BCUT2D eigenvalue weighted by atomic mass is 9.72. The van der Waals surface area contributed by atoms with Crippen molar-refractivity contribution >= 4 is 6.41 Å². The molecule has 1 aliphatic rings. The highest BCUT2D eigenvalue weighted by atomic mass is 16.1. The van der Waals surface area contributed by atoms with Gasteiger partial charge in [0.1, 0.15) is 0 Å². The van der Waals surface area contributed by atoms with Gasteiger partial charge in [-0.15, -0.1) is 0 Å². The summed E-state index contributed by atoms with van der Waals surface area (Å²) >= 11 is 0. The van der Waals surface area contributed by atoms with Gasteiger partial charge in [-0.3, -0.25) is 4.79 Å². The Kier molecular flexibility index (Phi) is 6.96. The summed E-state index contributed by atoms with van der Waals surface area (Å²) in [5, 5.41) is 2.83. The molecule has 1 heterocycles. The van der Waals surface area contributed by atoms with Gasteiger partial charge < -0.3 is 10.2 Å². The van der Waals surface area contributed by atoms with E-state index >= 15 is 0 Å². The van der Waals surface area contributed by atoms with E-state index in [1.807, 2.05) is 0 Å². The van der Waals surface area contributed by atoms with Crippen LogP contribution in [0.15, 0.2) is 11.8 Å². The van der Waals surface area contributed by atoms with Crippen molar-refractivity contribution < 1.29 is 4.79 Å². The standard InChI is InChI=1S/C16H30N2O/c1-4-6-15(3)18-12-9-16(7-5-2,10-13-18)8-11-17-14-19/h6,14H,4-5,7-13H2,1-3H3,(H,17,19). The van der Waals surface area contributed by atoms with Gasteiger partial charge in [-0.2, -0.15) is 0 Å². The third-order valence-electron chi connectivity index (χ3n) is 4.49. The number of piperidine rings is 1.